The lowest BCUT2D eigenvalue weighted by atomic mass is 9.76. The van der Waals surface area contributed by atoms with Crippen molar-refractivity contribution in [3.05, 3.63) is 59.4 Å². The zero-order chi connectivity index (χ0) is 20.8. The average Bonchev–Trinajstić information content (AvgIpc) is 3.02. The van der Waals surface area contributed by atoms with Gasteiger partial charge in [-0.3, -0.25) is 0 Å². The van der Waals surface area contributed by atoms with Gasteiger partial charge >= 0.3 is 6.18 Å². The van der Waals surface area contributed by atoms with E-state index in [2.05, 4.69) is 9.97 Å². The van der Waals surface area contributed by atoms with E-state index in [0.29, 0.717) is 23.5 Å². The molecule has 1 aliphatic rings. The average molecular weight is 422 g/mol. The van der Waals surface area contributed by atoms with Crippen LogP contribution in [0.5, 0.6) is 0 Å². The number of nitrogens with one attached hydrogen (secondary N) is 1. The second-order valence-corrected chi connectivity index (χ2v) is 9.76. The Bertz CT molecular complexity index is 1120. The molecular weight excluding hydrogens is 401 g/mol. The fourth-order valence-electron chi connectivity index (χ4n) is 3.98. The summed E-state index contributed by atoms with van der Waals surface area (Å²) in [7, 11) is -4.00. The summed E-state index contributed by atoms with van der Waals surface area (Å²) in [6.07, 6.45) is 1.66. The maximum Gasteiger partial charge on any atom is 0.417 e. The van der Waals surface area contributed by atoms with Crippen LogP contribution in [0.2, 0.25) is 0 Å². The Morgan fingerprint density at radius 1 is 1.21 bits per heavy atom. The number of hydrogen-bond acceptors (Lipinski definition) is 3. The topological polar surface area (TPSA) is 62.8 Å². The molecule has 4 nitrogen and oxygen atoms in total. The van der Waals surface area contributed by atoms with Gasteiger partial charge in [-0.15, -0.1) is 0 Å². The van der Waals surface area contributed by atoms with E-state index in [1.807, 2.05) is 18.2 Å². The van der Waals surface area contributed by atoms with Crippen molar-refractivity contribution in [3.8, 4) is 0 Å². The lowest BCUT2D eigenvalue weighted by molar-refractivity contribution is -0.139. The zero-order valence-electron chi connectivity index (χ0n) is 15.8. The van der Waals surface area contributed by atoms with Gasteiger partial charge in [0.15, 0.2) is 9.84 Å². The molecule has 0 aliphatic heterocycles. The van der Waals surface area contributed by atoms with Gasteiger partial charge in [-0.05, 0) is 48.2 Å². The van der Waals surface area contributed by atoms with Crippen LogP contribution in [0.3, 0.4) is 0 Å². The molecule has 1 aromatic carbocycles. The van der Waals surface area contributed by atoms with E-state index in [9.17, 15) is 21.6 Å². The monoisotopic (exact) mass is 422 g/mol. The molecule has 1 fully saturated rings. The van der Waals surface area contributed by atoms with Crippen LogP contribution in [-0.4, -0.2) is 24.6 Å². The second kappa shape index (κ2) is 7.16. The molecule has 2 aromatic heterocycles. The normalized spacial score (nSPS) is 16.7. The van der Waals surface area contributed by atoms with Crippen LogP contribution >= 0.6 is 0 Å². The molecule has 1 saturated carbocycles. The quantitative estimate of drug-likeness (QED) is 0.606. The third kappa shape index (κ3) is 4.03. The number of fused-ring (bicyclic) bond motifs is 1. The summed E-state index contributed by atoms with van der Waals surface area (Å²) in [4.78, 5) is 6.83. The molecular formula is C21H21F3N2O2S. The Balaban J connectivity index is 1.84. The second-order valence-electron chi connectivity index (χ2n) is 7.78. The molecule has 0 amide bonds. The van der Waals surface area contributed by atoms with Crippen LogP contribution in [0.25, 0.3) is 11.0 Å². The molecule has 0 radical (unpaired) electrons. The number of alkyl halides is 3. The molecule has 0 bridgehead atoms. The predicted molar refractivity (Wildman–Crippen MR) is 104 cm³/mol. The highest BCUT2D eigenvalue weighted by Gasteiger charge is 2.37. The number of hydrogen-bond donors (Lipinski definition) is 1. The van der Waals surface area contributed by atoms with Gasteiger partial charge in [0.2, 0.25) is 0 Å². The van der Waals surface area contributed by atoms with Crippen LogP contribution in [0.15, 0.2) is 47.5 Å². The van der Waals surface area contributed by atoms with Gasteiger partial charge < -0.3 is 4.98 Å². The summed E-state index contributed by atoms with van der Waals surface area (Å²) in [5, 5.41) is 0.893. The first-order chi connectivity index (χ1) is 13.6. The first kappa shape index (κ1) is 19.9. The largest absolute Gasteiger partial charge is 0.417 e. The van der Waals surface area contributed by atoms with Crippen molar-refractivity contribution in [2.75, 3.05) is 6.26 Å². The van der Waals surface area contributed by atoms with Gasteiger partial charge in [0.05, 0.1) is 10.5 Å². The molecule has 2 heterocycles. The Morgan fingerprint density at radius 3 is 2.55 bits per heavy atom. The highest BCUT2D eigenvalue weighted by molar-refractivity contribution is 7.90. The maximum atomic E-state index is 13.6. The molecule has 4 rings (SSSR count). The third-order valence-corrected chi connectivity index (χ3v) is 6.85. The number of halogens is 3. The number of rotatable bonds is 5. The Labute approximate surface area is 167 Å². The highest BCUT2D eigenvalue weighted by Crippen LogP contribution is 2.42. The van der Waals surface area contributed by atoms with Crippen LogP contribution in [0.1, 0.15) is 48.4 Å². The summed E-state index contributed by atoms with van der Waals surface area (Å²) in [5.41, 5.74) is 0.837. The predicted octanol–water partition coefficient (Wildman–Crippen LogP) is 5.31. The van der Waals surface area contributed by atoms with Gasteiger partial charge in [0.25, 0.3) is 0 Å². The van der Waals surface area contributed by atoms with Crippen LogP contribution < -0.4 is 0 Å². The van der Waals surface area contributed by atoms with Crippen molar-refractivity contribution in [1.29, 1.82) is 0 Å². The summed E-state index contributed by atoms with van der Waals surface area (Å²) in [5.74, 6) is 0.160. The van der Waals surface area contributed by atoms with Crippen molar-refractivity contribution >= 4 is 20.9 Å². The number of sulfone groups is 1. The lowest BCUT2D eigenvalue weighted by Gasteiger charge is -2.30. The Morgan fingerprint density at radius 2 is 1.97 bits per heavy atom. The Hall–Kier alpha value is -2.35. The van der Waals surface area contributed by atoms with Crippen molar-refractivity contribution in [1.82, 2.24) is 9.97 Å². The first-order valence-corrected chi connectivity index (χ1v) is 11.4. The standard InChI is InChI=1S/C21H21F3N2O2S/c1-29(27,28)19-8-7-14(11-17(19)21(22,23)24)16(10-13-4-2-5-13)18-12-15-6-3-9-25-20(15)26-18/h3,6-9,11-13,16H,2,4-5,10H2,1H3,(H,25,26). The fourth-order valence-corrected chi connectivity index (χ4v) is 4.87. The molecule has 1 atom stereocenters. The lowest BCUT2D eigenvalue weighted by Crippen LogP contribution is -2.18. The number of aromatic amines is 1. The van der Waals surface area contributed by atoms with Crippen LogP contribution in [-0.2, 0) is 16.0 Å². The molecule has 3 aromatic rings. The number of nitrogens with zero attached hydrogens (tertiary/aromatic N) is 1. The minimum absolute atomic E-state index is 0.288. The van der Waals surface area contributed by atoms with E-state index in [1.54, 1.807) is 6.20 Å². The van der Waals surface area contributed by atoms with Gasteiger partial charge in [0, 0.05) is 29.5 Å². The zero-order valence-corrected chi connectivity index (χ0v) is 16.6. The Kier molecular flexibility index (Phi) is 4.93. The van der Waals surface area contributed by atoms with E-state index in [4.69, 9.17) is 0 Å². The number of pyridine rings is 1. The molecule has 1 N–H and O–H groups in total. The van der Waals surface area contributed by atoms with E-state index < -0.39 is 26.5 Å². The van der Waals surface area contributed by atoms with Crippen molar-refractivity contribution in [2.24, 2.45) is 5.92 Å². The molecule has 0 saturated heterocycles. The minimum atomic E-state index is -4.75. The van der Waals surface area contributed by atoms with Gasteiger partial charge in [-0.2, -0.15) is 13.2 Å². The molecule has 8 heteroatoms. The van der Waals surface area contributed by atoms with Crippen molar-refractivity contribution in [2.45, 2.75) is 42.7 Å². The van der Waals surface area contributed by atoms with E-state index >= 15 is 0 Å². The summed E-state index contributed by atoms with van der Waals surface area (Å²) in [6.45, 7) is 0. The van der Waals surface area contributed by atoms with Gasteiger partial charge in [-0.25, -0.2) is 13.4 Å². The minimum Gasteiger partial charge on any atom is -0.343 e. The maximum absolute atomic E-state index is 13.6. The molecule has 1 unspecified atom stereocenters. The number of aromatic nitrogens is 2. The van der Waals surface area contributed by atoms with E-state index in [-0.39, 0.29) is 5.92 Å². The molecule has 1 aliphatic carbocycles. The number of H-pyrrole nitrogens is 1. The SMILES string of the molecule is CS(=O)(=O)c1ccc(C(CC2CCC2)c2cc3cccnc3[nH]2)cc1C(F)(F)F. The van der Waals surface area contributed by atoms with Gasteiger partial charge in [-0.1, -0.05) is 25.3 Å². The first-order valence-electron chi connectivity index (χ1n) is 9.48. The third-order valence-electron chi connectivity index (χ3n) is 5.69. The molecule has 29 heavy (non-hydrogen) atoms. The summed E-state index contributed by atoms with van der Waals surface area (Å²) < 4.78 is 64.7. The van der Waals surface area contributed by atoms with Crippen molar-refractivity contribution in [3.63, 3.8) is 0 Å². The van der Waals surface area contributed by atoms with E-state index in [1.165, 1.54) is 6.07 Å². The van der Waals surface area contributed by atoms with E-state index in [0.717, 1.165) is 48.7 Å². The smallest absolute Gasteiger partial charge is 0.343 e. The summed E-state index contributed by atoms with van der Waals surface area (Å²) in [6, 6.07) is 9.22. The summed E-state index contributed by atoms with van der Waals surface area (Å²) >= 11 is 0. The molecule has 0 spiro atoms. The van der Waals surface area contributed by atoms with Crippen LogP contribution in [0, 0.1) is 5.92 Å². The molecule has 154 valence electrons. The van der Waals surface area contributed by atoms with Crippen molar-refractivity contribution < 1.29 is 21.6 Å². The van der Waals surface area contributed by atoms with Gasteiger partial charge in [0.1, 0.15) is 5.65 Å². The van der Waals surface area contributed by atoms with Crippen LogP contribution in [0.4, 0.5) is 13.2 Å². The number of benzene rings is 1. The highest BCUT2D eigenvalue weighted by atomic mass is 32.2. The fraction of sp³-hybridized carbons (Fsp3) is 0.381.